The van der Waals surface area contributed by atoms with E-state index in [1.165, 1.54) is 11.0 Å². The lowest BCUT2D eigenvalue weighted by atomic mass is 10.0. The highest BCUT2D eigenvalue weighted by Gasteiger charge is 2.87. The summed E-state index contributed by atoms with van der Waals surface area (Å²) < 4.78 is 73.8. The molecule has 1 saturated heterocycles. The fourth-order valence-corrected chi connectivity index (χ4v) is 5.20. The number of halogens is 6. The summed E-state index contributed by atoms with van der Waals surface area (Å²) in [7, 11) is 0. The molecule has 2 aromatic rings. The number of rotatable bonds is 4. The third-order valence-electron chi connectivity index (χ3n) is 6.75. The van der Waals surface area contributed by atoms with Gasteiger partial charge in [-0.25, -0.2) is 18.7 Å². The van der Waals surface area contributed by atoms with Gasteiger partial charge in [-0.1, -0.05) is 0 Å². The third kappa shape index (κ3) is 3.96. The van der Waals surface area contributed by atoms with Gasteiger partial charge in [-0.3, -0.25) is 4.79 Å². The van der Waals surface area contributed by atoms with E-state index in [2.05, 4.69) is 15.3 Å². The molecular weight excluding hydrogens is 497 g/mol. The second-order valence-corrected chi connectivity index (χ2v) is 9.30. The van der Waals surface area contributed by atoms with Crippen LogP contribution in [-0.2, 0) is 35.2 Å². The lowest BCUT2D eigenvalue weighted by Crippen LogP contribution is -2.49. The zero-order chi connectivity index (χ0) is 25.2. The van der Waals surface area contributed by atoms with Gasteiger partial charge in [0.2, 0.25) is 10.9 Å². The van der Waals surface area contributed by atoms with Crippen molar-refractivity contribution in [3.05, 3.63) is 45.9 Å². The molecule has 5 rings (SSSR count). The summed E-state index contributed by atoms with van der Waals surface area (Å²) in [5, 5.41) is 2.85. The number of fused-ring (bicyclic) bond motifs is 2. The molecule has 35 heavy (non-hydrogen) atoms. The molecule has 13 heteroatoms. The molecule has 3 heterocycles. The number of carbonyl (C=O) groups is 1. The number of hydrogen-bond donors (Lipinski definition) is 2. The number of nitrogens with two attached hydrogens (primary N) is 1. The Balaban J connectivity index is 1.38. The van der Waals surface area contributed by atoms with Crippen molar-refractivity contribution in [1.29, 1.82) is 0 Å². The Bertz CT molecular complexity index is 1190. The van der Waals surface area contributed by atoms with E-state index >= 15 is 0 Å². The molecule has 3 aliphatic rings. The number of ether oxygens (including phenoxy) is 1. The number of nitrogen functional groups attached to an aromatic ring is 1. The lowest BCUT2D eigenvalue weighted by Gasteiger charge is -2.33. The number of alkyl halides is 5. The molecular formula is C22H21ClF5N5O2. The maximum absolute atomic E-state index is 14.5. The standard InChI is InChI=1S/C22H21ClF5N5O2/c23-19-31-15-3-4-33(18(34)20-16(21(20,24)25)2-1-5-35-20)10-14(15)17(32-19)30-9-11-6-12(22(26,27)28)8-13(29)7-11/h6-8,16H,1-5,9-10,29H2,(H,30,31,32). The molecule has 2 atom stereocenters. The average Bonchev–Trinajstić information content (AvgIpc) is 3.32. The van der Waals surface area contributed by atoms with Crippen LogP contribution in [0.5, 0.6) is 0 Å². The molecule has 0 bridgehead atoms. The van der Waals surface area contributed by atoms with Gasteiger partial charge in [0.25, 0.3) is 11.8 Å². The minimum atomic E-state index is -4.56. The molecule has 0 spiro atoms. The normalized spacial score (nSPS) is 25.0. The summed E-state index contributed by atoms with van der Waals surface area (Å²) >= 11 is 6.03. The molecule has 2 aliphatic heterocycles. The number of aromatic nitrogens is 2. The third-order valence-corrected chi connectivity index (χ3v) is 6.92. The topological polar surface area (TPSA) is 93.4 Å². The van der Waals surface area contributed by atoms with Gasteiger partial charge in [0, 0.05) is 37.4 Å². The minimum absolute atomic E-state index is 0.0530. The van der Waals surface area contributed by atoms with Crippen LogP contribution in [0.2, 0.25) is 5.28 Å². The van der Waals surface area contributed by atoms with Crippen LogP contribution >= 0.6 is 11.6 Å². The van der Waals surface area contributed by atoms with Crippen LogP contribution in [0, 0.1) is 5.92 Å². The van der Waals surface area contributed by atoms with E-state index in [-0.39, 0.29) is 61.4 Å². The highest BCUT2D eigenvalue weighted by molar-refractivity contribution is 6.28. The zero-order valence-electron chi connectivity index (χ0n) is 18.3. The minimum Gasteiger partial charge on any atom is -0.399 e. The summed E-state index contributed by atoms with van der Waals surface area (Å²) in [5.74, 6) is -4.93. The second kappa shape index (κ2) is 8.16. The van der Waals surface area contributed by atoms with Gasteiger partial charge in [0.05, 0.1) is 23.7 Å². The first-order chi connectivity index (χ1) is 16.4. The van der Waals surface area contributed by atoms with Crippen LogP contribution in [0.4, 0.5) is 33.5 Å². The van der Waals surface area contributed by atoms with Crippen molar-refractivity contribution in [2.24, 2.45) is 5.92 Å². The number of anilines is 2. The maximum Gasteiger partial charge on any atom is 0.416 e. The summed E-state index contributed by atoms with van der Waals surface area (Å²) in [6.07, 6.45) is -3.63. The van der Waals surface area contributed by atoms with Crippen LogP contribution in [0.25, 0.3) is 0 Å². The molecule has 1 aliphatic carbocycles. The SMILES string of the molecule is Nc1cc(CNc2nc(Cl)nc3c2CN(C(=O)C24OCCCC2C4(F)F)CC3)cc(C(F)(F)F)c1. The van der Waals surface area contributed by atoms with Crippen LogP contribution in [0.15, 0.2) is 18.2 Å². The number of nitrogens with one attached hydrogen (secondary N) is 1. The summed E-state index contributed by atoms with van der Waals surface area (Å²) in [6, 6.07) is 3.19. The number of hydrogen-bond acceptors (Lipinski definition) is 6. The second-order valence-electron chi connectivity index (χ2n) is 8.96. The highest BCUT2D eigenvalue weighted by atomic mass is 35.5. The molecule has 1 saturated carbocycles. The molecule has 2 unspecified atom stereocenters. The van der Waals surface area contributed by atoms with E-state index in [9.17, 15) is 26.7 Å². The molecule has 7 nitrogen and oxygen atoms in total. The van der Waals surface area contributed by atoms with Crippen LogP contribution in [-0.4, -0.2) is 45.5 Å². The molecule has 0 radical (unpaired) electrons. The number of amides is 1. The molecule has 1 aromatic carbocycles. The molecule has 1 aromatic heterocycles. The Morgan fingerprint density at radius 3 is 2.77 bits per heavy atom. The predicted molar refractivity (Wildman–Crippen MR) is 116 cm³/mol. The van der Waals surface area contributed by atoms with Gasteiger partial charge < -0.3 is 20.7 Å². The van der Waals surface area contributed by atoms with Gasteiger partial charge >= 0.3 is 6.18 Å². The van der Waals surface area contributed by atoms with E-state index in [1.54, 1.807) is 0 Å². The van der Waals surface area contributed by atoms with Gasteiger partial charge in [-0.15, -0.1) is 0 Å². The highest BCUT2D eigenvalue weighted by Crippen LogP contribution is 2.65. The molecule has 3 N–H and O–H groups in total. The van der Waals surface area contributed by atoms with Crippen molar-refractivity contribution in [1.82, 2.24) is 14.9 Å². The largest absolute Gasteiger partial charge is 0.416 e. The van der Waals surface area contributed by atoms with E-state index in [4.69, 9.17) is 22.1 Å². The summed E-state index contributed by atoms with van der Waals surface area (Å²) in [6.45, 7) is 0.103. The summed E-state index contributed by atoms with van der Waals surface area (Å²) in [4.78, 5) is 22.8. The predicted octanol–water partition coefficient (Wildman–Crippen LogP) is 4.04. The quantitative estimate of drug-likeness (QED) is 0.361. The van der Waals surface area contributed by atoms with E-state index in [0.29, 0.717) is 17.7 Å². The maximum atomic E-state index is 14.5. The van der Waals surface area contributed by atoms with Gasteiger partial charge in [-0.05, 0) is 48.2 Å². The van der Waals surface area contributed by atoms with Crippen LogP contribution in [0.1, 0.15) is 35.2 Å². The number of carbonyl (C=O) groups excluding carboxylic acids is 1. The Morgan fingerprint density at radius 2 is 2.06 bits per heavy atom. The Kier molecular flexibility index (Phi) is 5.59. The number of nitrogens with zero attached hydrogens (tertiary/aromatic N) is 3. The first kappa shape index (κ1) is 24.0. The Hall–Kier alpha value is -2.73. The van der Waals surface area contributed by atoms with Crippen molar-refractivity contribution in [3.63, 3.8) is 0 Å². The molecule has 188 valence electrons. The van der Waals surface area contributed by atoms with Crippen LogP contribution in [0.3, 0.4) is 0 Å². The van der Waals surface area contributed by atoms with Crippen LogP contribution < -0.4 is 11.1 Å². The van der Waals surface area contributed by atoms with Crippen molar-refractivity contribution >= 4 is 29.0 Å². The first-order valence-electron chi connectivity index (χ1n) is 11.0. The Labute approximate surface area is 201 Å². The smallest absolute Gasteiger partial charge is 0.399 e. The van der Waals surface area contributed by atoms with Gasteiger partial charge in [-0.2, -0.15) is 13.2 Å². The van der Waals surface area contributed by atoms with E-state index in [0.717, 1.165) is 12.1 Å². The number of benzene rings is 1. The molecule has 1 amide bonds. The zero-order valence-corrected chi connectivity index (χ0v) is 19.0. The van der Waals surface area contributed by atoms with Gasteiger partial charge in [0.1, 0.15) is 5.82 Å². The van der Waals surface area contributed by atoms with Crippen molar-refractivity contribution < 1.29 is 31.5 Å². The van der Waals surface area contributed by atoms with Crippen molar-refractivity contribution in [3.8, 4) is 0 Å². The summed E-state index contributed by atoms with van der Waals surface area (Å²) in [5.41, 5.74) is 3.80. The fourth-order valence-electron chi connectivity index (χ4n) is 5.01. The Morgan fingerprint density at radius 1 is 1.29 bits per heavy atom. The lowest BCUT2D eigenvalue weighted by molar-refractivity contribution is -0.159. The van der Waals surface area contributed by atoms with Crippen molar-refractivity contribution in [2.45, 2.75) is 50.1 Å². The van der Waals surface area contributed by atoms with Crippen molar-refractivity contribution in [2.75, 3.05) is 24.2 Å². The van der Waals surface area contributed by atoms with E-state index in [1.807, 2.05) is 0 Å². The first-order valence-corrected chi connectivity index (χ1v) is 11.4. The monoisotopic (exact) mass is 517 g/mol. The average molecular weight is 518 g/mol. The fraction of sp³-hybridized carbons (Fsp3) is 0.500. The van der Waals surface area contributed by atoms with E-state index < -0.39 is 35.1 Å². The molecule has 2 fully saturated rings. The van der Waals surface area contributed by atoms with Gasteiger partial charge in [0.15, 0.2) is 0 Å².